The number of rotatable bonds is 7. The Kier molecular flexibility index (Phi) is 5.75. The molecule has 1 unspecified atom stereocenters. The summed E-state index contributed by atoms with van der Waals surface area (Å²) in [7, 11) is 0. The molecule has 1 amide bonds. The second kappa shape index (κ2) is 7.33. The summed E-state index contributed by atoms with van der Waals surface area (Å²) >= 11 is 1.52. The number of piperazine rings is 1. The molecule has 6 heteroatoms. The van der Waals surface area contributed by atoms with Crippen LogP contribution in [0.15, 0.2) is 0 Å². The van der Waals surface area contributed by atoms with Crippen molar-refractivity contribution in [3.63, 3.8) is 0 Å². The summed E-state index contributed by atoms with van der Waals surface area (Å²) < 4.78 is 0. The minimum absolute atomic E-state index is 0.108. The molecule has 1 saturated heterocycles. The number of hydrogen-bond acceptors (Lipinski definition) is 5. The van der Waals surface area contributed by atoms with E-state index in [-0.39, 0.29) is 12.0 Å². The number of aliphatic hydroxyl groups is 1. The molecule has 0 spiro atoms. The monoisotopic (exact) mass is 273 g/mol. The number of carbonyl (C=O) groups is 1. The Balaban J connectivity index is 1.50. The summed E-state index contributed by atoms with van der Waals surface area (Å²) in [6.07, 6.45) is 1.92. The van der Waals surface area contributed by atoms with Gasteiger partial charge in [0.2, 0.25) is 5.91 Å². The first-order chi connectivity index (χ1) is 8.74. The highest BCUT2D eigenvalue weighted by molar-refractivity contribution is 7.99. The van der Waals surface area contributed by atoms with Gasteiger partial charge in [-0.2, -0.15) is 0 Å². The lowest BCUT2D eigenvalue weighted by molar-refractivity contribution is -0.118. The third kappa shape index (κ3) is 5.56. The molecule has 0 bridgehead atoms. The lowest BCUT2D eigenvalue weighted by Gasteiger charge is -2.28. The van der Waals surface area contributed by atoms with Crippen molar-refractivity contribution in [1.29, 1.82) is 0 Å². The van der Waals surface area contributed by atoms with Gasteiger partial charge < -0.3 is 15.7 Å². The number of amides is 1. The van der Waals surface area contributed by atoms with E-state index in [0.717, 1.165) is 45.6 Å². The van der Waals surface area contributed by atoms with Crippen LogP contribution >= 0.6 is 11.8 Å². The van der Waals surface area contributed by atoms with E-state index in [0.29, 0.717) is 17.5 Å². The van der Waals surface area contributed by atoms with Gasteiger partial charge in [0.1, 0.15) is 0 Å². The Morgan fingerprint density at radius 1 is 1.44 bits per heavy atom. The zero-order valence-corrected chi connectivity index (χ0v) is 11.5. The van der Waals surface area contributed by atoms with Crippen LogP contribution < -0.4 is 10.6 Å². The molecule has 2 rings (SSSR count). The molecule has 1 heterocycles. The van der Waals surface area contributed by atoms with Gasteiger partial charge in [-0.15, -0.1) is 11.8 Å². The van der Waals surface area contributed by atoms with E-state index in [2.05, 4.69) is 15.5 Å². The van der Waals surface area contributed by atoms with Crippen molar-refractivity contribution >= 4 is 17.7 Å². The maximum atomic E-state index is 11.4. The number of carbonyl (C=O) groups excluding carboxylic acids is 1. The topological polar surface area (TPSA) is 64.6 Å². The molecule has 104 valence electrons. The van der Waals surface area contributed by atoms with Crippen LogP contribution in [0, 0.1) is 0 Å². The quantitative estimate of drug-likeness (QED) is 0.570. The normalized spacial score (nSPS) is 22.7. The lowest BCUT2D eigenvalue weighted by atomic mass is 10.3. The fourth-order valence-corrected chi connectivity index (χ4v) is 2.79. The SMILES string of the molecule is O=C(CSCC(O)CN1CCNCC1)NC1CC1. The summed E-state index contributed by atoms with van der Waals surface area (Å²) in [4.78, 5) is 13.7. The molecule has 1 saturated carbocycles. The Labute approximate surface area is 113 Å². The van der Waals surface area contributed by atoms with Crippen LogP contribution in [0.2, 0.25) is 0 Å². The maximum Gasteiger partial charge on any atom is 0.230 e. The zero-order chi connectivity index (χ0) is 12.8. The van der Waals surface area contributed by atoms with Gasteiger partial charge in [-0.1, -0.05) is 0 Å². The van der Waals surface area contributed by atoms with Crippen molar-refractivity contribution in [2.75, 3.05) is 44.2 Å². The summed E-state index contributed by atoms with van der Waals surface area (Å²) in [5.41, 5.74) is 0. The maximum absolute atomic E-state index is 11.4. The van der Waals surface area contributed by atoms with Crippen LogP contribution in [-0.4, -0.2) is 72.3 Å². The molecule has 1 atom stereocenters. The van der Waals surface area contributed by atoms with Crippen molar-refractivity contribution in [3.8, 4) is 0 Å². The fourth-order valence-electron chi connectivity index (χ4n) is 2.03. The molecule has 0 aromatic rings. The van der Waals surface area contributed by atoms with E-state index < -0.39 is 0 Å². The Morgan fingerprint density at radius 3 is 2.83 bits per heavy atom. The smallest absolute Gasteiger partial charge is 0.230 e. The highest BCUT2D eigenvalue weighted by Crippen LogP contribution is 2.18. The van der Waals surface area contributed by atoms with Gasteiger partial charge in [-0.25, -0.2) is 0 Å². The predicted molar refractivity (Wildman–Crippen MR) is 73.8 cm³/mol. The number of nitrogens with zero attached hydrogens (tertiary/aromatic N) is 1. The molecule has 0 aromatic carbocycles. The Bertz CT molecular complexity index is 268. The van der Waals surface area contributed by atoms with E-state index in [4.69, 9.17) is 0 Å². The molecular formula is C12H23N3O2S. The number of nitrogens with one attached hydrogen (secondary N) is 2. The minimum Gasteiger partial charge on any atom is -0.391 e. The van der Waals surface area contributed by atoms with E-state index >= 15 is 0 Å². The molecular weight excluding hydrogens is 250 g/mol. The number of hydrogen-bond donors (Lipinski definition) is 3. The van der Waals surface area contributed by atoms with Gasteiger partial charge in [0.15, 0.2) is 0 Å². The van der Waals surface area contributed by atoms with Crippen molar-refractivity contribution in [1.82, 2.24) is 15.5 Å². The third-order valence-corrected chi connectivity index (χ3v) is 4.25. The van der Waals surface area contributed by atoms with Crippen LogP contribution in [-0.2, 0) is 4.79 Å². The molecule has 1 aliphatic carbocycles. The van der Waals surface area contributed by atoms with E-state index in [1.54, 1.807) is 0 Å². The summed E-state index contributed by atoms with van der Waals surface area (Å²) in [6, 6.07) is 0.434. The molecule has 3 N–H and O–H groups in total. The third-order valence-electron chi connectivity index (χ3n) is 3.16. The van der Waals surface area contributed by atoms with Crippen molar-refractivity contribution in [3.05, 3.63) is 0 Å². The van der Waals surface area contributed by atoms with Crippen molar-refractivity contribution in [2.45, 2.75) is 25.0 Å². The molecule has 1 aliphatic heterocycles. The van der Waals surface area contributed by atoms with Gasteiger partial charge in [0, 0.05) is 44.5 Å². The van der Waals surface area contributed by atoms with Crippen LogP contribution in [0.5, 0.6) is 0 Å². The van der Waals surface area contributed by atoms with E-state index in [1.807, 2.05) is 0 Å². The predicted octanol–water partition coefficient (Wildman–Crippen LogP) is -0.736. The van der Waals surface area contributed by atoms with Gasteiger partial charge in [-0.3, -0.25) is 9.69 Å². The number of thioether (sulfide) groups is 1. The van der Waals surface area contributed by atoms with Crippen LogP contribution in [0.3, 0.4) is 0 Å². The summed E-state index contributed by atoms with van der Waals surface area (Å²) in [5.74, 6) is 1.22. The van der Waals surface area contributed by atoms with Crippen LogP contribution in [0.25, 0.3) is 0 Å². The lowest BCUT2D eigenvalue weighted by Crippen LogP contribution is -2.46. The van der Waals surface area contributed by atoms with E-state index in [1.165, 1.54) is 11.8 Å². The molecule has 0 aromatic heterocycles. The van der Waals surface area contributed by atoms with Gasteiger partial charge in [0.05, 0.1) is 11.9 Å². The highest BCUT2D eigenvalue weighted by atomic mass is 32.2. The first-order valence-corrected chi connectivity index (χ1v) is 7.88. The highest BCUT2D eigenvalue weighted by Gasteiger charge is 2.23. The molecule has 2 fully saturated rings. The largest absolute Gasteiger partial charge is 0.391 e. The number of aliphatic hydroxyl groups excluding tert-OH is 1. The fraction of sp³-hybridized carbons (Fsp3) is 0.917. The Morgan fingerprint density at radius 2 is 2.17 bits per heavy atom. The average Bonchev–Trinajstić information content (AvgIpc) is 3.14. The zero-order valence-electron chi connectivity index (χ0n) is 10.7. The summed E-state index contributed by atoms with van der Waals surface area (Å²) in [6.45, 7) is 4.74. The first kappa shape index (κ1) is 14.1. The van der Waals surface area contributed by atoms with Gasteiger partial charge in [0.25, 0.3) is 0 Å². The van der Waals surface area contributed by atoms with E-state index in [9.17, 15) is 9.90 Å². The second-order valence-electron chi connectivity index (χ2n) is 5.06. The molecule has 0 radical (unpaired) electrons. The van der Waals surface area contributed by atoms with Crippen molar-refractivity contribution in [2.24, 2.45) is 0 Å². The first-order valence-electron chi connectivity index (χ1n) is 6.72. The molecule has 18 heavy (non-hydrogen) atoms. The number of β-amino-alcohol motifs (C(OH)–C–C–N with tert-alkyl or cyclic N) is 1. The Hall–Kier alpha value is -0.300. The average molecular weight is 273 g/mol. The van der Waals surface area contributed by atoms with Crippen molar-refractivity contribution < 1.29 is 9.90 Å². The van der Waals surface area contributed by atoms with Gasteiger partial charge >= 0.3 is 0 Å². The molecule has 2 aliphatic rings. The standard InChI is InChI=1S/C12H23N3O2S/c16-11(7-15-5-3-13-4-6-15)8-18-9-12(17)14-10-1-2-10/h10-11,13,16H,1-9H2,(H,14,17). The van der Waals surface area contributed by atoms with Gasteiger partial charge in [-0.05, 0) is 12.8 Å². The van der Waals surface area contributed by atoms with Crippen LogP contribution in [0.4, 0.5) is 0 Å². The summed E-state index contributed by atoms with van der Waals surface area (Å²) in [5, 5.41) is 16.1. The molecule has 5 nitrogen and oxygen atoms in total. The second-order valence-corrected chi connectivity index (χ2v) is 6.09. The minimum atomic E-state index is -0.332. The van der Waals surface area contributed by atoms with Crippen LogP contribution in [0.1, 0.15) is 12.8 Å².